The predicted octanol–water partition coefficient (Wildman–Crippen LogP) is 5.54. The molecule has 23 heavy (non-hydrogen) atoms. The summed E-state index contributed by atoms with van der Waals surface area (Å²) in [6.45, 7) is 0. The van der Waals surface area contributed by atoms with E-state index in [1.807, 2.05) is 42.5 Å². The number of thiophene rings is 1. The number of amides is 1. The van der Waals surface area contributed by atoms with E-state index in [9.17, 15) is 4.79 Å². The van der Waals surface area contributed by atoms with E-state index in [4.69, 9.17) is 11.6 Å². The maximum atomic E-state index is 12.2. The molecular weight excluding hydrogens is 326 g/mol. The van der Waals surface area contributed by atoms with Gasteiger partial charge in [-0.05, 0) is 23.3 Å². The van der Waals surface area contributed by atoms with Gasteiger partial charge in [0, 0.05) is 33.2 Å². The highest BCUT2D eigenvalue weighted by molar-refractivity contribution is 7.11. The second-order valence-electron chi connectivity index (χ2n) is 5.61. The van der Waals surface area contributed by atoms with E-state index in [1.165, 1.54) is 4.88 Å². The van der Waals surface area contributed by atoms with E-state index in [0.29, 0.717) is 11.4 Å². The van der Waals surface area contributed by atoms with Crippen molar-refractivity contribution in [3.8, 4) is 11.1 Å². The summed E-state index contributed by atoms with van der Waals surface area (Å²) in [6.07, 6.45) is 0.460. The Morgan fingerprint density at radius 1 is 1.09 bits per heavy atom. The molecule has 1 aromatic heterocycles. The lowest BCUT2D eigenvalue weighted by atomic mass is 9.89. The van der Waals surface area contributed by atoms with Gasteiger partial charge in [0.2, 0.25) is 5.91 Å². The average Bonchev–Trinajstić information content (AvgIpc) is 2.98. The van der Waals surface area contributed by atoms with Crippen LogP contribution in [-0.2, 0) is 4.79 Å². The second kappa shape index (κ2) is 5.84. The molecule has 4 rings (SSSR count). The van der Waals surface area contributed by atoms with Crippen LogP contribution in [0.4, 0.5) is 5.69 Å². The van der Waals surface area contributed by atoms with Crippen LogP contribution in [0.3, 0.4) is 0 Å². The van der Waals surface area contributed by atoms with Crippen LogP contribution >= 0.6 is 22.9 Å². The molecule has 2 aromatic carbocycles. The van der Waals surface area contributed by atoms with Gasteiger partial charge in [0.25, 0.3) is 0 Å². The first-order valence-electron chi connectivity index (χ1n) is 7.44. The second-order valence-corrected chi connectivity index (χ2v) is 6.96. The number of benzene rings is 2. The van der Waals surface area contributed by atoms with Gasteiger partial charge in [-0.2, -0.15) is 0 Å². The van der Waals surface area contributed by atoms with E-state index >= 15 is 0 Å². The third kappa shape index (κ3) is 2.67. The van der Waals surface area contributed by atoms with E-state index in [-0.39, 0.29) is 11.8 Å². The zero-order valence-electron chi connectivity index (χ0n) is 12.3. The van der Waals surface area contributed by atoms with Crippen molar-refractivity contribution in [2.75, 3.05) is 5.32 Å². The molecule has 1 atom stereocenters. The highest BCUT2D eigenvalue weighted by atomic mass is 35.5. The van der Waals surface area contributed by atoms with Crippen LogP contribution < -0.4 is 5.32 Å². The lowest BCUT2D eigenvalue weighted by Gasteiger charge is -2.24. The summed E-state index contributed by atoms with van der Waals surface area (Å²) in [4.78, 5) is 13.4. The molecular formula is C19H14ClNOS. The molecule has 3 aromatic rings. The van der Waals surface area contributed by atoms with Crippen molar-refractivity contribution in [1.82, 2.24) is 0 Å². The van der Waals surface area contributed by atoms with Crippen molar-refractivity contribution in [3.63, 3.8) is 0 Å². The molecule has 0 aliphatic carbocycles. The first-order valence-corrected chi connectivity index (χ1v) is 8.70. The number of carbonyl (C=O) groups is 1. The van der Waals surface area contributed by atoms with Crippen molar-refractivity contribution in [1.29, 1.82) is 0 Å². The number of halogens is 1. The minimum absolute atomic E-state index is 0.0538. The summed E-state index contributed by atoms with van der Waals surface area (Å²) >= 11 is 7.83. The van der Waals surface area contributed by atoms with Gasteiger partial charge in [-0.15, -0.1) is 11.3 Å². The maximum absolute atomic E-state index is 12.2. The Morgan fingerprint density at radius 2 is 1.91 bits per heavy atom. The van der Waals surface area contributed by atoms with Crippen molar-refractivity contribution in [2.45, 2.75) is 12.3 Å². The molecule has 0 saturated heterocycles. The van der Waals surface area contributed by atoms with Crippen LogP contribution in [-0.4, -0.2) is 5.91 Å². The molecule has 0 bridgehead atoms. The summed E-state index contributed by atoms with van der Waals surface area (Å²) in [5.41, 5.74) is 4.25. The maximum Gasteiger partial charge on any atom is 0.225 e. The van der Waals surface area contributed by atoms with Gasteiger partial charge in [0.1, 0.15) is 0 Å². The van der Waals surface area contributed by atoms with Crippen LogP contribution in [0.1, 0.15) is 22.8 Å². The Kier molecular flexibility index (Phi) is 3.68. The molecule has 0 radical (unpaired) electrons. The molecule has 2 nitrogen and oxygen atoms in total. The van der Waals surface area contributed by atoms with Gasteiger partial charge in [0.05, 0.1) is 5.69 Å². The van der Waals surface area contributed by atoms with E-state index in [1.54, 1.807) is 11.3 Å². The number of fused-ring (bicyclic) bond motifs is 1. The molecule has 1 aliphatic heterocycles. The molecule has 1 aliphatic rings. The summed E-state index contributed by atoms with van der Waals surface area (Å²) in [6, 6.07) is 18.0. The van der Waals surface area contributed by atoms with Crippen molar-refractivity contribution < 1.29 is 4.79 Å². The van der Waals surface area contributed by atoms with Gasteiger partial charge in [-0.3, -0.25) is 4.79 Å². The van der Waals surface area contributed by atoms with E-state index in [0.717, 1.165) is 22.4 Å². The lowest BCUT2D eigenvalue weighted by Crippen LogP contribution is -2.22. The highest BCUT2D eigenvalue weighted by Crippen LogP contribution is 2.46. The molecule has 2 heterocycles. The van der Waals surface area contributed by atoms with Crippen LogP contribution in [0, 0.1) is 0 Å². The normalized spacial score (nSPS) is 16.7. The fraction of sp³-hybridized carbons (Fsp3) is 0.105. The topological polar surface area (TPSA) is 29.1 Å². The molecule has 0 fully saturated rings. The van der Waals surface area contributed by atoms with Crippen molar-refractivity contribution in [2.24, 2.45) is 0 Å². The molecule has 0 spiro atoms. The number of hydrogen-bond acceptors (Lipinski definition) is 2. The predicted molar refractivity (Wildman–Crippen MR) is 96.3 cm³/mol. The molecule has 1 N–H and O–H groups in total. The van der Waals surface area contributed by atoms with E-state index < -0.39 is 0 Å². The van der Waals surface area contributed by atoms with Gasteiger partial charge >= 0.3 is 0 Å². The Labute approximate surface area is 143 Å². The zero-order chi connectivity index (χ0) is 15.8. The minimum atomic E-state index is 0.0538. The highest BCUT2D eigenvalue weighted by Gasteiger charge is 2.30. The van der Waals surface area contributed by atoms with Crippen LogP contribution in [0.5, 0.6) is 0 Å². The lowest BCUT2D eigenvalue weighted by molar-refractivity contribution is -0.116. The van der Waals surface area contributed by atoms with Crippen molar-refractivity contribution in [3.05, 3.63) is 75.4 Å². The monoisotopic (exact) mass is 339 g/mol. The molecule has 4 heteroatoms. The van der Waals surface area contributed by atoms with Crippen LogP contribution in [0.2, 0.25) is 5.02 Å². The average molecular weight is 340 g/mol. The first kappa shape index (κ1) is 14.5. The number of rotatable bonds is 2. The Morgan fingerprint density at radius 3 is 2.70 bits per heavy atom. The summed E-state index contributed by atoms with van der Waals surface area (Å²) in [5.74, 6) is 0.123. The van der Waals surface area contributed by atoms with Gasteiger partial charge in [0.15, 0.2) is 0 Å². The Bertz CT molecular complexity index is 872. The molecule has 0 saturated carbocycles. The quantitative estimate of drug-likeness (QED) is 0.652. The standard InChI is InChI=1S/C19H14ClNOS/c20-14-8-4-7-13(9-14)15-10-17(22)21-18-16(11-23-19(15)18)12-5-2-1-3-6-12/h1-9,11,15H,10H2,(H,21,22)/t15-/m1/s1. The van der Waals surface area contributed by atoms with Gasteiger partial charge in [-0.25, -0.2) is 0 Å². The molecule has 0 unspecified atom stereocenters. The number of nitrogens with one attached hydrogen (secondary N) is 1. The van der Waals surface area contributed by atoms with Crippen LogP contribution in [0.15, 0.2) is 60.0 Å². The largest absolute Gasteiger partial charge is 0.325 e. The SMILES string of the molecule is O=C1C[C@H](c2cccc(Cl)c2)c2scc(-c3ccccc3)c2N1. The first-order chi connectivity index (χ1) is 11.2. The third-order valence-electron chi connectivity index (χ3n) is 4.13. The number of anilines is 1. The molecule has 114 valence electrons. The summed E-state index contributed by atoms with van der Waals surface area (Å²) in [7, 11) is 0. The summed E-state index contributed by atoms with van der Waals surface area (Å²) < 4.78 is 0. The third-order valence-corrected chi connectivity index (χ3v) is 5.46. The van der Waals surface area contributed by atoms with Crippen molar-refractivity contribution >= 4 is 34.5 Å². The number of hydrogen-bond donors (Lipinski definition) is 1. The zero-order valence-corrected chi connectivity index (χ0v) is 13.8. The smallest absolute Gasteiger partial charge is 0.225 e. The van der Waals surface area contributed by atoms with Gasteiger partial charge in [-0.1, -0.05) is 54.1 Å². The fourth-order valence-corrected chi connectivity index (χ4v) is 4.41. The van der Waals surface area contributed by atoms with E-state index in [2.05, 4.69) is 22.8 Å². The summed E-state index contributed by atoms with van der Waals surface area (Å²) in [5, 5.41) is 5.89. The Balaban J connectivity index is 1.83. The fourth-order valence-electron chi connectivity index (χ4n) is 3.05. The van der Waals surface area contributed by atoms with Gasteiger partial charge < -0.3 is 5.32 Å². The number of carbonyl (C=O) groups excluding carboxylic acids is 1. The van der Waals surface area contributed by atoms with Crippen LogP contribution in [0.25, 0.3) is 11.1 Å². The minimum Gasteiger partial charge on any atom is -0.325 e. The molecule has 1 amide bonds. The Hall–Kier alpha value is -2.10.